The summed E-state index contributed by atoms with van der Waals surface area (Å²) in [6.45, 7) is 1.80. The predicted octanol–water partition coefficient (Wildman–Crippen LogP) is 4.57. The van der Waals surface area contributed by atoms with Crippen molar-refractivity contribution in [3.05, 3.63) is 99.5 Å². The number of ketones is 1. The van der Waals surface area contributed by atoms with Crippen LogP contribution in [0, 0.1) is 0 Å². The first-order chi connectivity index (χ1) is 14.2. The molecule has 1 N–H and O–H groups in total. The minimum Gasteiger partial charge on any atom is -0.345 e. The van der Waals surface area contributed by atoms with Crippen LogP contribution in [0.15, 0.2) is 82.2 Å². The molecule has 154 valence electrons. The molecule has 0 aromatic heterocycles. The minimum absolute atomic E-state index is 0.218. The lowest BCUT2D eigenvalue weighted by Gasteiger charge is -2.16. The molecule has 0 bridgehead atoms. The molecule has 1 atom stereocenters. The number of halogens is 1. The van der Waals surface area contributed by atoms with E-state index in [1.807, 2.05) is 0 Å². The molecule has 0 saturated carbocycles. The summed E-state index contributed by atoms with van der Waals surface area (Å²) in [5.74, 6) is -0.617. The Morgan fingerprint density at radius 2 is 1.43 bits per heavy atom. The minimum atomic E-state index is -3.28. The van der Waals surface area contributed by atoms with Crippen LogP contribution < -0.4 is 5.32 Å². The highest BCUT2D eigenvalue weighted by Crippen LogP contribution is 2.20. The number of benzene rings is 3. The van der Waals surface area contributed by atoms with Crippen molar-refractivity contribution in [2.75, 3.05) is 6.26 Å². The first kappa shape index (κ1) is 21.9. The van der Waals surface area contributed by atoms with Crippen LogP contribution in [0.25, 0.3) is 0 Å². The van der Waals surface area contributed by atoms with Gasteiger partial charge < -0.3 is 5.32 Å². The lowest BCUT2D eigenvalue weighted by Crippen LogP contribution is -2.28. The van der Waals surface area contributed by atoms with E-state index in [-0.39, 0.29) is 28.2 Å². The molecule has 0 aliphatic heterocycles. The number of nitrogens with one attached hydrogen (secondary N) is 1. The number of hydrogen-bond donors (Lipinski definition) is 1. The van der Waals surface area contributed by atoms with Gasteiger partial charge in [-0.2, -0.15) is 0 Å². The van der Waals surface area contributed by atoms with E-state index >= 15 is 0 Å². The molecule has 0 radical (unpaired) electrons. The highest BCUT2D eigenvalue weighted by molar-refractivity contribution is 9.10. The van der Waals surface area contributed by atoms with Crippen LogP contribution in [-0.4, -0.2) is 26.4 Å². The third-order valence-corrected chi connectivity index (χ3v) is 6.34. The van der Waals surface area contributed by atoms with E-state index < -0.39 is 9.84 Å². The van der Waals surface area contributed by atoms with Crippen molar-refractivity contribution in [3.63, 3.8) is 0 Å². The van der Waals surface area contributed by atoms with Crippen molar-refractivity contribution >= 4 is 37.5 Å². The fourth-order valence-electron chi connectivity index (χ4n) is 3.00. The number of rotatable bonds is 6. The molecule has 1 amide bonds. The zero-order chi connectivity index (χ0) is 21.9. The second kappa shape index (κ2) is 8.93. The van der Waals surface area contributed by atoms with Crippen LogP contribution in [0.5, 0.6) is 0 Å². The SMILES string of the molecule is CC(NC(=O)c1ccccc1C(=O)c1ccc(Br)cc1)c1ccc(S(C)(=O)=O)cc1. The summed E-state index contributed by atoms with van der Waals surface area (Å²) >= 11 is 3.34. The quantitative estimate of drug-likeness (QED) is 0.518. The van der Waals surface area contributed by atoms with Crippen molar-refractivity contribution < 1.29 is 18.0 Å². The summed E-state index contributed by atoms with van der Waals surface area (Å²) in [6, 6.07) is 19.6. The molecule has 0 aliphatic rings. The normalized spacial score (nSPS) is 12.2. The molecule has 0 spiro atoms. The largest absolute Gasteiger partial charge is 0.345 e. The van der Waals surface area contributed by atoms with E-state index in [1.54, 1.807) is 67.6 Å². The van der Waals surface area contributed by atoms with Gasteiger partial charge in [-0.1, -0.05) is 46.3 Å². The maximum Gasteiger partial charge on any atom is 0.252 e. The molecular weight excluding hydrogens is 466 g/mol. The van der Waals surface area contributed by atoms with Gasteiger partial charge in [0.2, 0.25) is 0 Å². The van der Waals surface area contributed by atoms with Crippen LogP contribution in [0.4, 0.5) is 0 Å². The molecule has 0 heterocycles. The smallest absolute Gasteiger partial charge is 0.252 e. The summed E-state index contributed by atoms with van der Waals surface area (Å²) in [5, 5.41) is 2.88. The second-order valence-electron chi connectivity index (χ2n) is 6.92. The van der Waals surface area contributed by atoms with Crippen LogP contribution in [0.2, 0.25) is 0 Å². The van der Waals surface area contributed by atoms with E-state index in [0.29, 0.717) is 11.1 Å². The summed E-state index contributed by atoms with van der Waals surface area (Å²) in [5.41, 5.74) is 1.84. The fraction of sp³-hybridized carbons (Fsp3) is 0.130. The molecule has 0 aliphatic carbocycles. The van der Waals surface area contributed by atoms with Crippen molar-refractivity contribution in [1.82, 2.24) is 5.32 Å². The zero-order valence-electron chi connectivity index (χ0n) is 16.4. The van der Waals surface area contributed by atoms with E-state index in [9.17, 15) is 18.0 Å². The molecule has 1 unspecified atom stereocenters. The van der Waals surface area contributed by atoms with Gasteiger partial charge in [0.25, 0.3) is 5.91 Å². The van der Waals surface area contributed by atoms with E-state index in [2.05, 4.69) is 21.2 Å². The number of carbonyl (C=O) groups is 2. The van der Waals surface area contributed by atoms with Gasteiger partial charge in [0.15, 0.2) is 15.6 Å². The first-order valence-electron chi connectivity index (χ1n) is 9.17. The number of sulfone groups is 1. The fourth-order valence-corrected chi connectivity index (χ4v) is 3.89. The average molecular weight is 486 g/mol. The molecule has 7 heteroatoms. The first-order valence-corrected chi connectivity index (χ1v) is 11.9. The molecule has 0 fully saturated rings. The average Bonchev–Trinajstić information content (AvgIpc) is 2.73. The third-order valence-electron chi connectivity index (χ3n) is 4.68. The summed E-state index contributed by atoms with van der Waals surface area (Å²) in [7, 11) is -3.28. The zero-order valence-corrected chi connectivity index (χ0v) is 18.8. The highest BCUT2D eigenvalue weighted by atomic mass is 79.9. The Hall–Kier alpha value is -2.77. The monoisotopic (exact) mass is 485 g/mol. The van der Waals surface area contributed by atoms with Crippen LogP contribution >= 0.6 is 15.9 Å². The molecule has 3 rings (SSSR count). The van der Waals surface area contributed by atoms with Gasteiger partial charge in [-0.15, -0.1) is 0 Å². The van der Waals surface area contributed by atoms with Gasteiger partial charge in [-0.05, 0) is 55.0 Å². The Balaban J connectivity index is 1.82. The number of amides is 1. The van der Waals surface area contributed by atoms with Gasteiger partial charge in [0.05, 0.1) is 16.5 Å². The van der Waals surface area contributed by atoms with Gasteiger partial charge in [-0.25, -0.2) is 8.42 Å². The van der Waals surface area contributed by atoms with Gasteiger partial charge in [-0.3, -0.25) is 9.59 Å². The Morgan fingerprint density at radius 3 is 2.00 bits per heavy atom. The Morgan fingerprint density at radius 1 is 0.867 bits per heavy atom. The van der Waals surface area contributed by atoms with E-state index in [0.717, 1.165) is 16.3 Å². The Bertz CT molecular complexity index is 1190. The summed E-state index contributed by atoms with van der Waals surface area (Å²) < 4.78 is 24.1. The van der Waals surface area contributed by atoms with Crippen LogP contribution in [0.3, 0.4) is 0 Å². The number of hydrogen-bond acceptors (Lipinski definition) is 4. The molecule has 0 saturated heterocycles. The standard InChI is InChI=1S/C23H20BrNO4S/c1-15(16-9-13-19(14-10-16)30(2,28)29)25-23(27)21-6-4-3-5-20(21)22(26)17-7-11-18(24)12-8-17/h3-15H,1-2H3,(H,25,27). The number of carbonyl (C=O) groups excluding carboxylic acids is 2. The maximum absolute atomic E-state index is 12.9. The van der Waals surface area contributed by atoms with Crippen molar-refractivity contribution in [1.29, 1.82) is 0 Å². The van der Waals surface area contributed by atoms with Crippen LogP contribution in [-0.2, 0) is 9.84 Å². The topological polar surface area (TPSA) is 80.3 Å². The van der Waals surface area contributed by atoms with Gasteiger partial charge in [0.1, 0.15) is 0 Å². The molecule has 5 nitrogen and oxygen atoms in total. The van der Waals surface area contributed by atoms with E-state index in [4.69, 9.17) is 0 Å². The highest BCUT2D eigenvalue weighted by Gasteiger charge is 2.20. The van der Waals surface area contributed by atoms with Gasteiger partial charge >= 0.3 is 0 Å². The molecule has 3 aromatic carbocycles. The summed E-state index contributed by atoms with van der Waals surface area (Å²) in [4.78, 5) is 26.0. The molecule has 3 aromatic rings. The lowest BCUT2D eigenvalue weighted by atomic mass is 9.97. The molecular formula is C23H20BrNO4S. The van der Waals surface area contributed by atoms with Crippen molar-refractivity contribution in [3.8, 4) is 0 Å². The Labute approximate surface area is 184 Å². The van der Waals surface area contributed by atoms with Crippen molar-refractivity contribution in [2.24, 2.45) is 0 Å². The second-order valence-corrected chi connectivity index (χ2v) is 9.85. The Kier molecular flexibility index (Phi) is 6.53. The summed E-state index contributed by atoms with van der Waals surface area (Å²) in [6.07, 6.45) is 1.15. The maximum atomic E-state index is 12.9. The van der Waals surface area contributed by atoms with E-state index in [1.165, 1.54) is 12.1 Å². The predicted molar refractivity (Wildman–Crippen MR) is 119 cm³/mol. The van der Waals surface area contributed by atoms with Gasteiger partial charge in [0, 0.05) is 21.9 Å². The van der Waals surface area contributed by atoms with Crippen molar-refractivity contribution in [2.45, 2.75) is 17.9 Å². The third kappa shape index (κ3) is 5.04. The van der Waals surface area contributed by atoms with Crippen LogP contribution in [0.1, 0.15) is 44.8 Å². The molecule has 30 heavy (non-hydrogen) atoms. The lowest BCUT2D eigenvalue weighted by molar-refractivity contribution is 0.0929.